The molecular weight excluding hydrogens is 471 g/mol. The molecule has 2 rings (SSSR count). The normalized spacial score (nSPS) is 18.4. The number of guanidine groups is 1. The van der Waals surface area contributed by atoms with Gasteiger partial charge in [-0.1, -0.05) is 20.8 Å². The quantitative estimate of drug-likeness (QED) is 0.226. The van der Waals surface area contributed by atoms with Crippen molar-refractivity contribution in [3.05, 3.63) is 17.8 Å². The average Bonchev–Trinajstić information content (AvgIpc) is 3.11. The second-order valence-electron chi connectivity index (χ2n) is 8.12. The fourth-order valence-electron chi connectivity index (χ4n) is 3.12. The van der Waals surface area contributed by atoms with Crippen molar-refractivity contribution in [2.24, 2.45) is 16.6 Å². The average molecular weight is 506 g/mol. The molecule has 1 atom stereocenters. The first-order chi connectivity index (χ1) is 12.8. The molecule has 1 aromatic heterocycles. The minimum atomic E-state index is -0.177. The number of rotatable bonds is 7. The zero-order chi connectivity index (χ0) is 19.9. The number of nitrogens with two attached hydrogens (primary N) is 1. The van der Waals surface area contributed by atoms with E-state index in [9.17, 15) is 4.79 Å². The molecule has 1 aromatic rings. The molecule has 9 heteroatoms. The van der Waals surface area contributed by atoms with Gasteiger partial charge in [0.25, 0.3) is 0 Å². The van der Waals surface area contributed by atoms with E-state index < -0.39 is 0 Å². The third-order valence-corrected chi connectivity index (χ3v) is 4.77. The maximum Gasteiger partial charge on any atom is 0.221 e. The van der Waals surface area contributed by atoms with E-state index in [0.29, 0.717) is 12.4 Å². The number of likely N-dealkylation sites (tertiary alicyclic amines) is 1. The zero-order valence-corrected chi connectivity index (χ0v) is 19.8. The number of carbonyl (C=O) groups is 1. The fourth-order valence-corrected chi connectivity index (χ4v) is 3.12. The number of amides is 1. The van der Waals surface area contributed by atoms with Crippen molar-refractivity contribution in [3.63, 3.8) is 0 Å². The SMILES string of the molecule is CN=C(NCCCN1CCCC(C(N)=O)C1)NCc1ncc(C(C)(C)C)o1.I. The Labute approximate surface area is 185 Å². The highest BCUT2D eigenvalue weighted by molar-refractivity contribution is 14.0. The summed E-state index contributed by atoms with van der Waals surface area (Å²) in [5.74, 6) is 2.06. The van der Waals surface area contributed by atoms with Gasteiger partial charge in [-0.05, 0) is 32.4 Å². The molecule has 2 heterocycles. The van der Waals surface area contributed by atoms with Crippen molar-refractivity contribution >= 4 is 35.8 Å². The first-order valence-corrected chi connectivity index (χ1v) is 9.71. The number of hydrogen-bond donors (Lipinski definition) is 3. The molecule has 1 unspecified atom stereocenters. The topological polar surface area (TPSA) is 109 Å². The summed E-state index contributed by atoms with van der Waals surface area (Å²) in [5, 5.41) is 6.52. The Kier molecular flexibility index (Phi) is 10.2. The van der Waals surface area contributed by atoms with Crippen LogP contribution in [0.25, 0.3) is 0 Å². The highest BCUT2D eigenvalue weighted by Crippen LogP contribution is 2.22. The van der Waals surface area contributed by atoms with Crippen molar-refractivity contribution in [3.8, 4) is 0 Å². The number of aromatic nitrogens is 1. The molecule has 0 aromatic carbocycles. The lowest BCUT2D eigenvalue weighted by Crippen LogP contribution is -2.42. The molecule has 1 amide bonds. The van der Waals surface area contributed by atoms with Gasteiger partial charge in [0, 0.05) is 25.6 Å². The Morgan fingerprint density at radius 1 is 1.43 bits per heavy atom. The lowest BCUT2D eigenvalue weighted by atomic mass is 9.94. The Morgan fingerprint density at radius 2 is 2.18 bits per heavy atom. The Morgan fingerprint density at radius 3 is 2.79 bits per heavy atom. The number of nitrogens with zero attached hydrogens (tertiary/aromatic N) is 3. The Hall–Kier alpha value is -1.36. The number of oxazole rings is 1. The van der Waals surface area contributed by atoms with Gasteiger partial charge in [0.1, 0.15) is 5.76 Å². The van der Waals surface area contributed by atoms with Crippen LogP contribution in [0, 0.1) is 5.92 Å². The van der Waals surface area contributed by atoms with E-state index >= 15 is 0 Å². The van der Waals surface area contributed by atoms with Crippen LogP contribution in [0.1, 0.15) is 51.7 Å². The van der Waals surface area contributed by atoms with E-state index in [1.807, 2.05) is 0 Å². The molecular formula is C19H35IN6O2. The summed E-state index contributed by atoms with van der Waals surface area (Å²) in [6.45, 7) is 10.3. The van der Waals surface area contributed by atoms with Crippen molar-refractivity contribution in [2.45, 2.75) is 52.0 Å². The monoisotopic (exact) mass is 506 g/mol. The number of nitrogens with one attached hydrogen (secondary N) is 2. The standard InChI is InChI=1S/C19H34N6O2.HI/c1-19(2,3)15-11-23-16(27-15)12-24-18(21-4)22-8-6-10-25-9-5-7-14(13-25)17(20)26;/h11,14H,5-10,12-13H2,1-4H3,(H2,20,26)(H2,21,22,24);1H. The first-order valence-electron chi connectivity index (χ1n) is 9.71. The van der Waals surface area contributed by atoms with Gasteiger partial charge in [0.05, 0.1) is 18.7 Å². The van der Waals surface area contributed by atoms with Gasteiger partial charge in [-0.2, -0.15) is 0 Å². The zero-order valence-electron chi connectivity index (χ0n) is 17.5. The summed E-state index contributed by atoms with van der Waals surface area (Å²) in [7, 11) is 1.74. The number of primary amides is 1. The Balaban J connectivity index is 0.00000392. The van der Waals surface area contributed by atoms with Crippen LogP contribution < -0.4 is 16.4 Å². The van der Waals surface area contributed by atoms with Crippen molar-refractivity contribution in [1.29, 1.82) is 0 Å². The van der Waals surface area contributed by atoms with Gasteiger partial charge >= 0.3 is 0 Å². The van der Waals surface area contributed by atoms with Crippen molar-refractivity contribution in [2.75, 3.05) is 33.2 Å². The van der Waals surface area contributed by atoms with E-state index in [1.54, 1.807) is 13.2 Å². The summed E-state index contributed by atoms with van der Waals surface area (Å²) in [6.07, 6.45) is 4.71. The highest BCUT2D eigenvalue weighted by atomic mass is 127. The highest BCUT2D eigenvalue weighted by Gasteiger charge is 2.23. The summed E-state index contributed by atoms with van der Waals surface area (Å²) >= 11 is 0. The molecule has 1 saturated heterocycles. The minimum absolute atomic E-state index is 0. The van der Waals surface area contributed by atoms with Crippen LogP contribution in [0.4, 0.5) is 0 Å². The number of halogens is 1. The van der Waals surface area contributed by atoms with Crippen LogP contribution in [0.5, 0.6) is 0 Å². The van der Waals surface area contributed by atoms with E-state index in [1.165, 1.54) is 0 Å². The molecule has 28 heavy (non-hydrogen) atoms. The minimum Gasteiger partial charge on any atom is -0.443 e. The number of aliphatic imine (C=N–C) groups is 1. The second-order valence-corrected chi connectivity index (χ2v) is 8.12. The molecule has 1 aliphatic rings. The van der Waals surface area contributed by atoms with Crippen LogP contribution in [0.2, 0.25) is 0 Å². The second kappa shape index (κ2) is 11.6. The molecule has 4 N–H and O–H groups in total. The van der Waals surface area contributed by atoms with E-state index in [0.717, 1.165) is 57.2 Å². The summed E-state index contributed by atoms with van der Waals surface area (Å²) in [5.41, 5.74) is 5.39. The molecule has 160 valence electrons. The Bertz CT molecular complexity index is 641. The molecule has 8 nitrogen and oxygen atoms in total. The number of hydrogen-bond acceptors (Lipinski definition) is 5. The largest absolute Gasteiger partial charge is 0.443 e. The maximum absolute atomic E-state index is 11.3. The molecule has 0 radical (unpaired) electrons. The van der Waals surface area contributed by atoms with E-state index in [2.05, 4.69) is 46.3 Å². The van der Waals surface area contributed by atoms with Gasteiger partial charge in [-0.3, -0.25) is 9.79 Å². The first kappa shape index (κ1) is 24.7. The van der Waals surface area contributed by atoms with Gasteiger partial charge in [0.2, 0.25) is 11.8 Å². The predicted molar refractivity (Wildman–Crippen MR) is 122 cm³/mol. The fraction of sp³-hybridized carbons (Fsp3) is 0.737. The third kappa shape index (κ3) is 7.94. The van der Waals surface area contributed by atoms with Crippen molar-refractivity contribution < 1.29 is 9.21 Å². The van der Waals surface area contributed by atoms with Crippen LogP contribution in [-0.2, 0) is 16.8 Å². The van der Waals surface area contributed by atoms with Gasteiger partial charge in [0.15, 0.2) is 5.96 Å². The van der Waals surface area contributed by atoms with Crippen LogP contribution in [0.15, 0.2) is 15.6 Å². The van der Waals surface area contributed by atoms with Crippen molar-refractivity contribution in [1.82, 2.24) is 20.5 Å². The molecule has 0 saturated carbocycles. The van der Waals surface area contributed by atoms with Gasteiger partial charge in [-0.15, -0.1) is 24.0 Å². The van der Waals surface area contributed by atoms with Gasteiger partial charge in [-0.25, -0.2) is 4.98 Å². The third-order valence-electron chi connectivity index (χ3n) is 4.77. The molecule has 0 aliphatic carbocycles. The molecule has 0 spiro atoms. The lowest BCUT2D eigenvalue weighted by molar-refractivity contribution is -0.123. The van der Waals surface area contributed by atoms with Gasteiger partial charge < -0.3 is 25.7 Å². The van der Waals surface area contributed by atoms with Crippen LogP contribution >= 0.6 is 24.0 Å². The van der Waals surface area contributed by atoms with E-state index in [-0.39, 0.29) is 41.2 Å². The molecule has 1 aliphatic heterocycles. The van der Waals surface area contributed by atoms with Crippen LogP contribution in [0.3, 0.4) is 0 Å². The van der Waals surface area contributed by atoms with Crippen LogP contribution in [-0.4, -0.2) is 55.0 Å². The lowest BCUT2D eigenvalue weighted by Gasteiger charge is -2.31. The predicted octanol–water partition coefficient (Wildman–Crippen LogP) is 1.84. The molecule has 0 bridgehead atoms. The summed E-state index contributed by atoms with van der Waals surface area (Å²) < 4.78 is 5.78. The summed E-state index contributed by atoms with van der Waals surface area (Å²) in [6, 6.07) is 0. The molecule has 1 fully saturated rings. The number of piperidine rings is 1. The number of carbonyl (C=O) groups excluding carboxylic acids is 1. The summed E-state index contributed by atoms with van der Waals surface area (Å²) in [4.78, 5) is 22.2. The smallest absolute Gasteiger partial charge is 0.221 e. The maximum atomic E-state index is 11.3. The van der Waals surface area contributed by atoms with E-state index in [4.69, 9.17) is 10.2 Å².